The highest BCUT2D eigenvalue weighted by Crippen LogP contribution is 2.22. The molecule has 0 saturated heterocycles. The first-order chi connectivity index (χ1) is 11.8. The van der Waals surface area contributed by atoms with Gasteiger partial charge in [0.25, 0.3) is 0 Å². The number of hydrogen-bond donors (Lipinski definition) is 2. The van der Waals surface area contributed by atoms with Crippen LogP contribution in [0.25, 0.3) is 32.8 Å². The molecule has 0 bridgehead atoms. The first-order valence-electron chi connectivity index (χ1n) is 7.45. The number of nitrogens with two attached hydrogens (primary N) is 1. The minimum absolute atomic E-state index is 0.409. The van der Waals surface area contributed by atoms with Crippen LogP contribution < -0.4 is 5.73 Å². The molecule has 3 N–H and O–H groups in total. The predicted octanol–water partition coefficient (Wildman–Crippen LogP) is 3.32. The minimum atomic E-state index is 0.409. The third-order valence-electron chi connectivity index (χ3n) is 3.74. The van der Waals surface area contributed by atoms with Gasteiger partial charge in [0, 0.05) is 17.0 Å². The van der Waals surface area contributed by atoms with Gasteiger partial charge in [-0.05, 0) is 11.5 Å². The summed E-state index contributed by atoms with van der Waals surface area (Å²) in [6, 6.07) is 16.6. The monoisotopic (exact) mass is 314 g/mol. The number of H-pyrrole nitrogens is 1. The van der Waals surface area contributed by atoms with Crippen molar-refractivity contribution in [2.45, 2.75) is 0 Å². The Balaban J connectivity index is 0.000000129. The highest BCUT2D eigenvalue weighted by molar-refractivity contribution is 6.05. The Morgan fingerprint density at radius 1 is 0.792 bits per heavy atom. The zero-order valence-corrected chi connectivity index (χ0v) is 12.7. The molecule has 3 aromatic heterocycles. The molecular weight excluding hydrogens is 300 g/mol. The van der Waals surface area contributed by atoms with Crippen LogP contribution >= 0.6 is 0 Å². The summed E-state index contributed by atoms with van der Waals surface area (Å²) < 4.78 is 0. The number of anilines is 1. The number of nitrogens with one attached hydrogen (secondary N) is 1. The molecule has 0 spiro atoms. The van der Waals surface area contributed by atoms with Gasteiger partial charge in [-0.25, -0.2) is 15.0 Å². The van der Waals surface area contributed by atoms with Crippen LogP contribution in [-0.2, 0) is 0 Å². The van der Waals surface area contributed by atoms with Crippen molar-refractivity contribution < 1.29 is 0 Å². The van der Waals surface area contributed by atoms with Gasteiger partial charge in [-0.1, -0.05) is 42.5 Å². The number of benzene rings is 2. The lowest BCUT2D eigenvalue weighted by atomic mass is 10.1. The van der Waals surface area contributed by atoms with E-state index in [1.807, 2.05) is 24.4 Å². The minimum Gasteiger partial charge on any atom is -0.382 e. The number of aromatic nitrogens is 5. The molecule has 6 nitrogen and oxygen atoms in total. The van der Waals surface area contributed by atoms with Crippen molar-refractivity contribution >= 4 is 38.7 Å². The Morgan fingerprint density at radius 3 is 2.46 bits per heavy atom. The molecule has 3 heterocycles. The molecule has 0 fully saturated rings. The number of nitrogens with zero attached hydrogens (tertiary/aromatic N) is 4. The van der Waals surface area contributed by atoms with Crippen molar-refractivity contribution in [1.29, 1.82) is 0 Å². The normalized spacial score (nSPS) is 10.7. The highest BCUT2D eigenvalue weighted by Gasteiger charge is 2.00. The Bertz CT molecular complexity index is 1080. The Morgan fingerprint density at radius 2 is 1.58 bits per heavy atom. The molecule has 0 radical (unpaired) electrons. The molecule has 0 aliphatic rings. The van der Waals surface area contributed by atoms with Gasteiger partial charge in [-0.15, -0.1) is 0 Å². The molecule has 5 rings (SSSR count). The summed E-state index contributed by atoms with van der Waals surface area (Å²) in [5.74, 6) is 0.409. The maximum atomic E-state index is 5.47. The summed E-state index contributed by atoms with van der Waals surface area (Å²) in [5.41, 5.74) is 7.83. The third-order valence-corrected chi connectivity index (χ3v) is 3.74. The zero-order chi connectivity index (χ0) is 16.4. The molecule has 0 amide bonds. The first kappa shape index (κ1) is 14.1. The Hall–Kier alpha value is -3.54. The fraction of sp³-hybridized carbons (Fsp3) is 0. The molecule has 6 heteroatoms. The number of fused-ring (bicyclic) bond motifs is 4. The van der Waals surface area contributed by atoms with Crippen molar-refractivity contribution in [3.8, 4) is 0 Å². The molecule has 0 aliphatic heterocycles. The van der Waals surface area contributed by atoms with Gasteiger partial charge in [0.1, 0.15) is 11.8 Å². The lowest BCUT2D eigenvalue weighted by Crippen LogP contribution is -1.91. The second-order valence-electron chi connectivity index (χ2n) is 5.22. The summed E-state index contributed by atoms with van der Waals surface area (Å²) in [6.45, 7) is 0. The standard InChI is InChI=1S/C13H9N.C5H5N5/c1-2-6-11-10(5-1)9-14-13-8-4-3-7-12(11)13;6-4-3-5(9-1-7-3)10-2-8-4/h1-9H;1-2H,(H3,6,7,8,9,10). The van der Waals surface area contributed by atoms with E-state index in [4.69, 9.17) is 5.73 Å². The van der Waals surface area contributed by atoms with E-state index in [1.54, 1.807) is 0 Å². The molecule has 24 heavy (non-hydrogen) atoms. The van der Waals surface area contributed by atoms with Gasteiger partial charge in [-0.2, -0.15) is 0 Å². The van der Waals surface area contributed by atoms with Crippen LogP contribution in [0, 0.1) is 0 Å². The van der Waals surface area contributed by atoms with E-state index in [0.717, 1.165) is 5.52 Å². The molecule has 0 unspecified atom stereocenters. The fourth-order valence-electron chi connectivity index (χ4n) is 2.59. The second-order valence-corrected chi connectivity index (χ2v) is 5.22. The molecule has 0 saturated carbocycles. The quantitative estimate of drug-likeness (QED) is 0.428. The topological polar surface area (TPSA) is 93.4 Å². The predicted molar refractivity (Wildman–Crippen MR) is 95.3 cm³/mol. The largest absolute Gasteiger partial charge is 0.382 e. The van der Waals surface area contributed by atoms with Crippen LogP contribution in [0.2, 0.25) is 0 Å². The van der Waals surface area contributed by atoms with Gasteiger partial charge < -0.3 is 10.7 Å². The number of para-hydroxylation sites is 1. The maximum Gasteiger partial charge on any atom is 0.162 e. The first-order valence-corrected chi connectivity index (χ1v) is 7.45. The van der Waals surface area contributed by atoms with Crippen LogP contribution in [0.3, 0.4) is 0 Å². The number of nitrogen functional groups attached to an aromatic ring is 1. The summed E-state index contributed by atoms with van der Waals surface area (Å²) in [7, 11) is 0. The summed E-state index contributed by atoms with van der Waals surface area (Å²) in [5, 5.41) is 3.70. The lowest BCUT2D eigenvalue weighted by molar-refractivity contribution is 1.21. The van der Waals surface area contributed by atoms with Crippen molar-refractivity contribution in [3.63, 3.8) is 0 Å². The zero-order valence-electron chi connectivity index (χ0n) is 12.7. The van der Waals surface area contributed by atoms with Crippen molar-refractivity contribution in [2.24, 2.45) is 0 Å². The van der Waals surface area contributed by atoms with Gasteiger partial charge in [-0.3, -0.25) is 4.98 Å². The highest BCUT2D eigenvalue weighted by atomic mass is 15.0. The van der Waals surface area contributed by atoms with Crippen LogP contribution in [0.1, 0.15) is 0 Å². The molecule has 116 valence electrons. The van der Waals surface area contributed by atoms with Gasteiger partial charge in [0.05, 0.1) is 11.8 Å². The number of imidazole rings is 1. The number of aromatic amines is 1. The molecule has 2 aromatic carbocycles. The van der Waals surface area contributed by atoms with Crippen molar-refractivity contribution in [1.82, 2.24) is 24.9 Å². The molecule has 5 aromatic rings. The number of hydrogen-bond acceptors (Lipinski definition) is 5. The second kappa shape index (κ2) is 5.92. The van der Waals surface area contributed by atoms with Crippen molar-refractivity contribution in [2.75, 3.05) is 5.73 Å². The van der Waals surface area contributed by atoms with E-state index in [0.29, 0.717) is 17.0 Å². The Kier molecular flexibility index (Phi) is 3.47. The van der Waals surface area contributed by atoms with E-state index in [-0.39, 0.29) is 0 Å². The SMILES string of the molecule is Nc1ncnc2[nH]cnc12.c1ccc2c(c1)cnc1ccccc12. The van der Waals surface area contributed by atoms with Crippen LogP contribution in [0.15, 0.2) is 67.4 Å². The smallest absolute Gasteiger partial charge is 0.162 e. The van der Waals surface area contributed by atoms with Crippen LogP contribution in [0.4, 0.5) is 5.82 Å². The third kappa shape index (κ3) is 2.50. The number of rotatable bonds is 0. The van der Waals surface area contributed by atoms with E-state index in [9.17, 15) is 0 Å². The average molecular weight is 314 g/mol. The van der Waals surface area contributed by atoms with Crippen LogP contribution in [-0.4, -0.2) is 24.9 Å². The average Bonchev–Trinajstić information content (AvgIpc) is 3.12. The van der Waals surface area contributed by atoms with Gasteiger partial charge >= 0.3 is 0 Å². The van der Waals surface area contributed by atoms with Crippen LogP contribution in [0.5, 0.6) is 0 Å². The maximum absolute atomic E-state index is 5.47. The fourth-order valence-corrected chi connectivity index (χ4v) is 2.59. The number of pyridine rings is 1. The van der Waals surface area contributed by atoms with E-state index < -0.39 is 0 Å². The Labute approximate surface area is 137 Å². The molecule has 0 atom stereocenters. The van der Waals surface area contributed by atoms with E-state index in [1.165, 1.54) is 28.8 Å². The molecular formula is C18H14N6. The summed E-state index contributed by atoms with van der Waals surface area (Å²) >= 11 is 0. The van der Waals surface area contributed by atoms with E-state index >= 15 is 0 Å². The van der Waals surface area contributed by atoms with Gasteiger partial charge in [0.15, 0.2) is 11.5 Å². The summed E-state index contributed by atoms with van der Waals surface area (Å²) in [4.78, 5) is 18.8. The van der Waals surface area contributed by atoms with Gasteiger partial charge in [0.2, 0.25) is 0 Å². The van der Waals surface area contributed by atoms with Crippen molar-refractivity contribution in [3.05, 3.63) is 67.4 Å². The van der Waals surface area contributed by atoms with E-state index in [2.05, 4.69) is 55.3 Å². The summed E-state index contributed by atoms with van der Waals surface area (Å²) in [6.07, 6.45) is 4.86. The lowest BCUT2D eigenvalue weighted by Gasteiger charge is -2.01. The molecule has 0 aliphatic carbocycles.